The van der Waals surface area contributed by atoms with E-state index < -0.39 is 5.97 Å². The quantitative estimate of drug-likeness (QED) is 0.869. The van der Waals surface area contributed by atoms with E-state index in [2.05, 4.69) is 20.3 Å². The lowest BCUT2D eigenvalue weighted by atomic mass is 10.2. The summed E-state index contributed by atoms with van der Waals surface area (Å²) in [6, 6.07) is 5.00. The Morgan fingerprint density at radius 3 is 2.68 bits per heavy atom. The van der Waals surface area contributed by atoms with Crippen molar-refractivity contribution in [1.82, 2.24) is 15.0 Å². The Morgan fingerprint density at radius 2 is 2.05 bits per heavy atom. The smallest absolute Gasteiger partial charge is 0.337 e. The lowest BCUT2D eigenvalue weighted by molar-refractivity contribution is 0.0695. The SMILES string of the molecule is Cc1nccc(CNc2ccc(C(=O)O)c(C)n2)n1. The van der Waals surface area contributed by atoms with Crippen LogP contribution in [0.4, 0.5) is 5.82 Å². The summed E-state index contributed by atoms with van der Waals surface area (Å²) < 4.78 is 0. The standard InChI is InChI=1S/C13H14N4O2/c1-8-11(13(18)19)3-4-12(16-8)15-7-10-5-6-14-9(2)17-10/h3-6H,7H2,1-2H3,(H,15,16)(H,18,19). The summed E-state index contributed by atoms with van der Waals surface area (Å²) in [5.74, 6) is 0.367. The van der Waals surface area contributed by atoms with Gasteiger partial charge in [0.2, 0.25) is 0 Å². The number of nitrogens with zero attached hydrogens (tertiary/aromatic N) is 3. The van der Waals surface area contributed by atoms with E-state index in [1.54, 1.807) is 19.2 Å². The van der Waals surface area contributed by atoms with Crippen molar-refractivity contribution in [2.24, 2.45) is 0 Å². The summed E-state index contributed by atoms with van der Waals surface area (Å²) in [6.07, 6.45) is 1.70. The second kappa shape index (κ2) is 5.43. The average Bonchev–Trinajstić information content (AvgIpc) is 2.36. The molecule has 19 heavy (non-hydrogen) atoms. The Balaban J connectivity index is 2.08. The number of aromatic carboxylic acids is 1. The van der Waals surface area contributed by atoms with Crippen LogP contribution in [-0.4, -0.2) is 26.0 Å². The number of anilines is 1. The summed E-state index contributed by atoms with van der Waals surface area (Å²) in [5, 5.41) is 12.0. The molecule has 0 radical (unpaired) electrons. The van der Waals surface area contributed by atoms with Gasteiger partial charge in [0, 0.05) is 6.20 Å². The number of hydrogen-bond donors (Lipinski definition) is 2. The van der Waals surface area contributed by atoms with Gasteiger partial charge in [0.05, 0.1) is 23.5 Å². The van der Waals surface area contributed by atoms with E-state index >= 15 is 0 Å². The molecule has 0 fully saturated rings. The monoisotopic (exact) mass is 258 g/mol. The molecule has 0 amide bonds. The Morgan fingerprint density at radius 1 is 1.26 bits per heavy atom. The average molecular weight is 258 g/mol. The van der Waals surface area contributed by atoms with Gasteiger partial charge in [0.25, 0.3) is 0 Å². The summed E-state index contributed by atoms with van der Waals surface area (Å²) in [6.45, 7) is 4.01. The van der Waals surface area contributed by atoms with Crippen molar-refractivity contribution >= 4 is 11.8 Å². The highest BCUT2D eigenvalue weighted by Gasteiger charge is 2.08. The van der Waals surface area contributed by atoms with E-state index in [0.717, 1.165) is 5.69 Å². The number of carboxylic acid groups (broad SMARTS) is 1. The molecular weight excluding hydrogens is 244 g/mol. The fraction of sp³-hybridized carbons (Fsp3) is 0.231. The molecule has 0 aliphatic rings. The molecule has 0 aliphatic carbocycles. The maximum absolute atomic E-state index is 10.9. The van der Waals surface area contributed by atoms with Crippen molar-refractivity contribution < 1.29 is 9.90 Å². The molecule has 0 unspecified atom stereocenters. The van der Waals surface area contributed by atoms with Gasteiger partial charge in [-0.05, 0) is 32.0 Å². The van der Waals surface area contributed by atoms with E-state index in [0.29, 0.717) is 23.9 Å². The van der Waals surface area contributed by atoms with E-state index in [1.807, 2.05) is 13.0 Å². The summed E-state index contributed by atoms with van der Waals surface area (Å²) in [5.41, 5.74) is 1.55. The Bertz CT molecular complexity index is 613. The zero-order chi connectivity index (χ0) is 13.8. The molecule has 0 aliphatic heterocycles. The lowest BCUT2D eigenvalue weighted by Crippen LogP contribution is -2.07. The van der Waals surface area contributed by atoms with Crippen molar-refractivity contribution in [2.45, 2.75) is 20.4 Å². The molecule has 0 aromatic carbocycles. The van der Waals surface area contributed by atoms with E-state index in [-0.39, 0.29) is 5.56 Å². The molecular formula is C13H14N4O2. The van der Waals surface area contributed by atoms with E-state index in [1.165, 1.54) is 6.07 Å². The number of rotatable bonds is 4. The third-order valence-corrected chi connectivity index (χ3v) is 2.60. The highest BCUT2D eigenvalue weighted by Crippen LogP contribution is 2.11. The van der Waals surface area contributed by atoms with Crippen molar-refractivity contribution in [2.75, 3.05) is 5.32 Å². The molecule has 2 N–H and O–H groups in total. The predicted octanol–water partition coefficient (Wildman–Crippen LogP) is 1.80. The predicted molar refractivity (Wildman–Crippen MR) is 70.0 cm³/mol. The molecule has 6 heteroatoms. The van der Waals surface area contributed by atoms with Crippen LogP contribution in [0.3, 0.4) is 0 Å². The van der Waals surface area contributed by atoms with Gasteiger partial charge in [-0.3, -0.25) is 0 Å². The van der Waals surface area contributed by atoms with Crippen molar-refractivity contribution in [3.8, 4) is 0 Å². The fourth-order valence-corrected chi connectivity index (χ4v) is 1.67. The van der Waals surface area contributed by atoms with Gasteiger partial charge in [0.15, 0.2) is 0 Å². The summed E-state index contributed by atoms with van der Waals surface area (Å²) >= 11 is 0. The van der Waals surface area contributed by atoms with Crippen LogP contribution in [0.2, 0.25) is 0 Å². The number of nitrogens with one attached hydrogen (secondary N) is 1. The molecule has 0 spiro atoms. The third kappa shape index (κ3) is 3.25. The van der Waals surface area contributed by atoms with Gasteiger partial charge in [-0.25, -0.2) is 19.7 Å². The zero-order valence-electron chi connectivity index (χ0n) is 10.7. The van der Waals surface area contributed by atoms with Gasteiger partial charge in [-0.2, -0.15) is 0 Å². The highest BCUT2D eigenvalue weighted by molar-refractivity contribution is 5.89. The second-order valence-corrected chi connectivity index (χ2v) is 4.08. The first-order valence-corrected chi connectivity index (χ1v) is 5.79. The van der Waals surface area contributed by atoms with Crippen molar-refractivity contribution in [3.05, 3.63) is 47.2 Å². The molecule has 2 aromatic heterocycles. The van der Waals surface area contributed by atoms with Crippen molar-refractivity contribution in [1.29, 1.82) is 0 Å². The topological polar surface area (TPSA) is 88.0 Å². The van der Waals surface area contributed by atoms with Crippen LogP contribution in [0.25, 0.3) is 0 Å². The maximum Gasteiger partial charge on any atom is 0.337 e. The summed E-state index contributed by atoms with van der Waals surface area (Å²) in [4.78, 5) is 23.4. The highest BCUT2D eigenvalue weighted by atomic mass is 16.4. The van der Waals surface area contributed by atoms with Crippen LogP contribution < -0.4 is 5.32 Å². The third-order valence-electron chi connectivity index (χ3n) is 2.60. The van der Waals surface area contributed by atoms with Gasteiger partial charge in [-0.1, -0.05) is 0 Å². The molecule has 0 saturated carbocycles. The van der Waals surface area contributed by atoms with Gasteiger partial charge in [-0.15, -0.1) is 0 Å². The number of hydrogen-bond acceptors (Lipinski definition) is 5. The van der Waals surface area contributed by atoms with Gasteiger partial charge >= 0.3 is 5.97 Å². The Labute approximate surface area is 110 Å². The van der Waals surface area contributed by atoms with Crippen LogP contribution >= 0.6 is 0 Å². The zero-order valence-corrected chi connectivity index (χ0v) is 10.7. The number of aromatic nitrogens is 3. The second-order valence-electron chi connectivity index (χ2n) is 4.08. The minimum atomic E-state index is -0.969. The van der Waals surface area contributed by atoms with Crippen LogP contribution in [-0.2, 0) is 6.54 Å². The first-order chi connectivity index (χ1) is 9.06. The minimum absolute atomic E-state index is 0.212. The largest absolute Gasteiger partial charge is 0.478 e. The van der Waals surface area contributed by atoms with Gasteiger partial charge < -0.3 is 10.4 Å². The normalized spacial score (nSPS) is 10.2. The number of aryl methyl sites for hydroxylation is 2. The molecule has 98 valence electrons. The van der Waals surface area contributed by atoms with E-state index in [9.17, 15) is 4.79 Å². The van der Waals surface area contributed by atoms with E-state index in [4.69, 9.17) is 5.11 Å². The molecule has 0 bridgehead atoms. The fourth-order valence-electron chi connectivity index (χ4n) is 1.67. The van der Waals surface area contributed by atoms with Gasteiger partial charge in [0.1, 0.15) is 11.6 Å². The number of carbonyl (C=O) groups is 1. The first-order valence-electron chi connectivity index (χ1n) is 5.79. The molecule has 2 heterocycles. The lowest BCUT2D eigenvalue weighted by Gasteiger charge is -2.07. The Kier molecular flexibility index (Phi) is 3.70. The molecule has 2 rings (SSSR count). The Hall–Kier alpha value is -2.50. The molecule has 2 aromatic rings. The number of pyridine rings is 1. The van der Waals surface area contributed by atoms with Crippen LogP contribution in [0, 0.1) is 13.8 Å². The minimum Gasteiger partial charge on any atom is -0.478 e. The summed E-state index contributed by atoms with van der Waals surface area (Å²) in [7, 11) is 0. The van der Waals surface area contributed by atoms with Crippen LogP contribution in [0.15, 0.2) is 24.4 Å². The van der Waals surface area contributed by atoms with Crippen molar-refractivity contribution in [3.63, 3.8) is 0 Å². The number of carboxylic acids is 1. The first kappa shape index (κ1) is 12.9. The molecule has 6 nitrogen and oxygen atoms in total. The maximum atomic E-state index is 10.9. The van der Waals surface area contributed by atoms with Crippen LogP contribution in [0.5, 0.6) is 0 Å². The molecule has 0 saturated heterocycles. The molecule has 0 atom stereocenters. The van der Waals surface area contributed by atoms with Crippen LogP contribution in [0.1, 0.15) is 27.6 Å².